The van der Waals surface area contributed by atoms with E-state index in [1.807, 2.05) is 88.5 Å². The van der Waals surface area contributed by atoms with Crippen LogP contribution in [0.3, 0.4) is 0 Å². The first kappa shape index (κ1) is 109. The predicted molar refractivity (Wildman–Crippen MR) is 497 cm³/mol. The van der Waals surface area contributed by atoms with Gasteiger partial charge in [0.1, 0.15) is 73.4 Å². The number of cyclic esters (lactones) is 5. The first-order chi connectivity index (χ1) is 61.1. The molecule has 10 aliphatic rings. The summed E-state index contributed by atoms with van der Waals surface area (Å²) in [6.07, 6.45) is 43.0. The molecule has 18 atom stereocenters. The molecule has 5 heterocycles. The normalized spacial score (nSPS) is 30.1. The van der Waals surface area contributed by atoms with Gasteiger partial charge in [-0.05, 0) is 248 Å². The first-order valence-electron chi connectivity index (χ1n) is 46.6. The number of carbonyl (C=O) groups is 12. The minimum Gasteiger partial charge on any atom is -0.463 e. The van der Waals surface area contributed by atoms with Crippen LogP contribution in [0.5, 0.6) is 0 Å². The molecule has 1 N–H and O–H groups in total. The molecule has 130 heavy (non-hydrogen) atoms. The minimum atomic E-state index is -0.696. The molecule has 7 fully saturated rings. The molecule has 5 aliphatic heterocycles. The van der Waals surface area contributed by atoms with Gasteiger partial charge in [0, 0.05) is 82.5 Å². The fourth-order valence-corrected chi connectivity index (χ4v) is 19.6. The SMILES string of the molecule is C=C1C=C[C@@H](OC(C)=O)CC12CC(=O)O[C@@H]2/C=C(\C)CC/C=C(\C)C=O.C=C1C=C[C@@H](OC(C)=O)CC12CC(=O)O[C@@H]2/C=C(\C)CC/C=C(\C)CO.C=C1C=C[C@@H](OC(C)=O)CC12CC(=O)O[C@@H]2CC(C)CCCC(C)C.CC(=O)OC1CC[C@@H](OC(C)=O)CC12CC(=O)O[C@@H]2/C=C(\C)CCC=C(C)C.CC(=O)O[C@@H]1CCC(C)C2(CC(=O)O[C@@H]2/C=C(\C)CCC=C(C)C)C1. The standard InChI is InChI=1S/C22H32O6.C21H28O5.C21H26O5.2C21H32O4/c1-14(2)7-6-8-15(3)11-20-22(13-21(25)28-20)12-18(26-16(4)23)9-10-19(22)27-17(5)24;2*1-14(6-5-7-15(2)13-22)10-19-21(12-20(24)26-19)11-18(25-17(4)23)9-8-16(21)3;2*1-14(2)7-6-8-15(3)11-19-21(13-20(23)25-19)12-18(24-17(5)22)10-9-16(21)4/h7,11,18-20H,6,8-10,12-13H2,1-5H3;7-10,18-19,22H,3,5-6,11-13H2,1-2,4H3;7-10,13,18-19H,3,5-6,11-12H2,1-2,4H3;7,11,16,18-19H,6,8-10,12-13H2,1-5H3;9-10,14-15,18-19H,4,6-8,11-13H2,1-3,5H3/b15-11+;2*14-10+,15-7+;15-11+;/t18-,19?,20-,22?;2*18-,19-,21?;16?,18-,19-,21?;15?,18-,19-,21?/m11111/s1. The lowest BCUT2D eigenvalue weighted by Crippen LogP contribution is -2.50. The van der Waals surface area contributed by atoms with Crippen molar-refractivity contribution in [2.45, 2.75) is 373 Å². The lowest BCUT2D eigenvalue weighted by molar-refractivity contribution is -0.172. The molecular formula is C106H150O24. The average Bonchev–Trinajstić information content (AvgIpc) is 1.52. The van der Waals surface area contributed by atoms with Crippen molar-refractivity contribution < 1.29 is 115 Å². The van der Waals surface area contributed by atoms with Crippen molar-refractivity contribution in [2.24, 2.45) is 44.8 Å². The van der Waals surface area contributed by atoms with Gasteiger partial charge in [0.2, 0.25) is 0 Å². The number of ether oxygens (including phenoxy) is 11. The van der Waals surface area contributed by atoms with Crippen LogP contribution in [0.4, 0.5) is 0 Å². The zero-order valence-corrected chi connectivity index (χ0v) is 81.3. The number of rotatable bonds is 30. The van der Waals surface area contributed by atoms with Gasteiger partial charge in [0.15, 0.2) is 0 Å². The zero-order valence-electron chi connectivity index (χ0n) is 81.3. The maximum absolute atomic E-state index is 12.3. The highest BCUT2D eigenvalue weighted by Crippen LogP contribution is 2.56. The second-order valence-corrected chi connectivity index (χ2v) is 38.9. The van der Waals surface area contributed by atoms with Crippen molar-refractivity contribution in [3.05, 3.63) is 166 Å². The van der Waals surface area contributed by atoms with Gasteiger partial charge < -0.3 is 57.2 Å². The Morgan fingerprint density at radius 2 is 0.777 bits per heavy atom. The number of aliphatic hydroxyl groups excluding tert-OH is 1. The van der Waals surface area contributed by atoms with E-state index in [0.717, 1.165) is 128 Å². The van der Waals surface area contributed by atoms with Gasteiger partial charge in [0.25, 0.3) is 0 Å². The van der Waals surface area contributed by atoms with Crippen molar-refractivity contribution in [3.63, 3.8) is 0 Å². The van der Waals surface area contributed by atoms with E-state index in [0.29, 0.717) is 75.2 Å². The van der Waals surface area contributed by atoms with Crippen molar-refractivity contribution >= 4 is 71.9 Å². The molecule has 0 aromatic rings. The first-order valence-corrected chi connectivity index (χ1v) is 46.6. The van der Waals surface area contributed by atoms with Gasteiger partial charge in [-0.2, -0.15) is 0 Å². The van der Waals surface area contributed by atoms with Crippen LogP contribution in [0, 0.1) is 44.8 Å². The van der Waals surface area contributed by atoms with Gasteiger partial charge in [-0.3, -0.25) is 57.5 Å². The number of esters is 11. The van der Waals surface area contributed by atoms with Gasteiger partial charge >= 0.3 is 65.7 Å². The van der Waals surface area contributed by atoms with Crippen molar-refractivity contribution in [1.29, 1.82) is 0 Å². The molecule has 8 unspecified atom stereocenters. The molecule has 24 nitrogen and oxygen atoms in total. The highest BCUT2D eigenvalue weighted by molar-refractivity contribution is 5.78. The smallest absolute Gasteiger partial charge is 0.307 e. The third kappa shape index (κ3) is 32.6. The van der Waals surface area contributed by atoms with Crippen molar-refractivity contribution in [2.75, 3.05) is 6.61 Å². The van der Waals surface area contributed by atoms with Crippen LogP contribution in [0.15, 0.2) is 166 Å². The third-order valence-electron chi connectivity index (χ3n) is 26.6. The van der Waals surface area contributed by atoms with Crippen LogP contribution >= 0.6 is 0 Å². The van der Waals surface area contributed by atoms with Gasteiger partial charge in [-0.1, -0.05) is 148 Å². The summed E-state index contributed by atoms with van der Waals surface area (Å²) in [4.78, 5) is 140. The molecule has 0 amide bonds. The maximum Gasteiger partial charge on any atom is 0.307 e. The van der Waals surface area contributed by atoms with E-state index in [-0.39, 0.29) is 140 Å². The number of hydrogen-bond acceptors (Lipinski definition) is 24. The molecule has 0 aromatic carbocycles. The molecule has 718 valence electrons. The van der Waals surface area contributed by atoms with Gasteiger partial charge in [-0.25, -0.2) is 0 Å². The van der Waals surface area contributed by atoms with Crippen molar-refractivity contribution in [1.82, 2.24) is 0 Å². The number of aliphatic hydroxyl groups is 1. The summed E-state index contributed by atoms with van der Waals surface area (Å²) in [5.74, 6) is -1.53. The summed E-state index contributed by atoms with van der Waals surface area (Å²) in [6.45, 7) is 49.9. The molecule has 10 rings (SSSR count). The Kier molecular flexibility index (Phi) is 42.5. The van der Waals surface area contributed by atoms with Crippen LogP contribution in [-0.4, -0.2) is 151 Å². The Hall–Kier alpha value is -9.84. The second kappa shape index (κ2) is 50.7. The fraction of sp³-hybridized carbons (Fsp3) is 0.623. The lowest BCUT2D eigenvalue weighted by Gasteiger charge is -2.44. The number of allylic oxidation sites excluding steroid dienone is 14. The summed E-state index contributed by atoms with van der Waals surface area (Å²) in [5.41, 5.74) is 8.83. The largest absolute Gasteiger partial charge is 0.463 e. The van der Waals surface area contributed by atoms with Crippen LogP contribution < -0.4 is 0 Å². The van der Waals surface area contributed by atoms with Crippen LogP contribution in [0.1, 0.15) is 305 Å². The van der Waals surface area contributed by atoms with E-state index >= 15 is 0 Å². The average molecular weight is 1810 g/mol. The monoisotopic (exact) mass is 1810 g/mol. The number of aldehydes is 1. The van der Waals surface area contributed by atoms with E-state index in [1.54, 1.807) is 13.0 Å². The second-order valence-electron chi connectivity index (χ2n) is 38.9. The summed E-state index contributed by atoms with van der Waals surface area (Å²) >= 11 is 0. The molecule has 0 radical (unpaired) electrons. The zero-order chi connectivity index (χ0) is 96.8. The van der Waals surface area contributed by atoms with Crippen LogP contribution in [-0.2, 0) is 110 Å². The Labute approximate surface area is 772 Å². The number of carbonyl (C=O) groups excluding carboxylic acids is 12. The molecule has 5 saturated heterocycles. The van der Waals surface area contributed by atoms with E-state index in [4.69, 9.17) is 57.2 Å². The Bertz CT molecular complexity index is 4440. The summed E-state index contributed by atoms with van der Waals surface area (Å²) in [7, 11) is 0. The molecular weight excluding hydrogens is 1660 g/mol. The van der Waals surface area contributed by atoms with Crippen LogP contribution in [0.2, 0.25) is 0 Å². The van der Waals surface area contributed by atoms with Crippen LogP contribution in [0.25, 0.3) is 0 Å². The van der Waals surface area contributed by atoms with Gasteiger partial charge in [0.05, 0.1) is 44.1 Å². The van der Waals surface area contributed by atoms with E-state index in [1.165, 1.54) is 71.1 Å². The molecule has 5 spiro atoms. The molecule has 2 saturated carbocycles. The van der Waals surface area contributed by atoms with E-state index in [2.05, 4.69) is 100 Å². The van der Waals surface area contributed by atoms with Crippen molar-refractivity contribution in [3.8, 4) is 0 Å². The highest BCUT2D eigenvalue weighted by atomic mass is 16.6. The molecule has 0 aromatic heterocycles. The summed E-state index contributed by atoms with van der Waals surface area (Å²) in [5, 5.41) is 9.05. The summed E-state index contributed by atoms with van der Waals surface area (Å²) in [6, 6.07) is 0. The summed E-state index contributed by atoms with van der Waals surface area (Å²) < 4.78 is 60.8. The maximum atomic E-state index is 12.3. The minimum absolute atomic E-state index is 0.0653. The Balaban J connectivity index is 0.000000250. The Morgan fingerprint density at radius 1 is 0.423 bits per heavy atom. The topological polar surface area (TPSA) is 327 Å². The predicted octanol–water partition coefficient (Wildman–Crippen LogP) is 20.4. The molecule has 5 aliphatic carbocycles. The molecule has 0 bridgehead atoms. The molecule has 24 heteroatoms. The third-order valence-corrected chi connectivity index (χ3v) is 26.6. The van der Waals surface area contributed by atoms with E-state index in [9.17, 15) is 57.5 Å². The van der Waals surface area contributed by atoms with E-state index < -0.39 is 46.1 Å². The number of hydrogen-bond donors (Lipinski definition) is 1. The quantitative estimate of drug-likeness (QED) is 0.0229. The van der Waals surface area contributed by atoms with Gasteiger partial charge in [-0.15, -0.1) is 0 Å². The lowest BCUT2D eigenvalue weighted by atomic mass is 9.62. The fourth-order valence-electron chi connectivity index (χ4n) is 19.6. The Morgan fingerprint density at radius 3 is 1.19 bits per heavy atom. The highest BCUT2D eigenvalue weighted by Gasteiger charge is 2.60.